The molecule has 3 aromatic rings. The second-order valence-electron chi connectivity index (χ2n) is 5.90. The summed E-state index contributed by atoms with van der Waals surface area (Å²) in [4.78, 5) is 4.45. The van der Waals surface area contributed by atoms with Gasteiger partial charge in [-0.25, -0.2) is 4.39 Å². The number of hydrogen-bond acceptors (Lipinski definition) is 4. The average molecular weight is 325 g/mol. The van der Waals surface area contributed by atoms with Crippen molar-refractivity contribution in [2.24, 2.45) is 0 Å². The Bertz CT molecular complexity index is 801. The zero-order valence-corrected chi connectivity index (χ0v) is 13.8. The molecule has 124 valence electrons. The van der Waals surface area contributed by atoms with E-state index in [9.17, 15) is 4.39 Å². The molecule has 0 spiro atoms. The highest BCUT2D eigenvalue weighted by Crippen LogP contribution is 2.14. The Balaban J connectivity index is 1.59. The van der Waals surface area contributed by atoms with Crippen molar-refractivity contribution >= 4 is 0 Å². The minimum absolute atomic E-state index is 0.0765. The maximum absolute atomic E-state index is 13.3. The standard InChI is InChI=1S/C19H20FN3O/c1-13-10-16(8-9-17(13)20)12-21-14(2)19-22-18(23-24-19)11-15-6-4-3-5-7-15/h3-10,14,21H,11-12H2,1-2H3. The third kappa shape index (κ3) is 4.06. The predicted molar refractivity (Wildman–Crippen MR) is 89.9 cm³/mol. The van der Waals surface area contributed by atoms with Gasteiger partial charge in [0.2, 0.25) is 5.89 Å². The number of nitrogens with one attached hydrogen (secondary N) is 1. The monoisotopic (exact) mass is 325 g/mol. The van der Waals surface area contributed by atoms with E-state index in [4.69, 9.17) is 4.52 Å². The molecule has 1 aromatic heterocycles. The van der Waals surface area contributed by atoms with Crippen molar-refractivity contribution < 1.29 is 8.91 Å². The molecule has 2 aromatic carbocycles. The van der Waals surface area contributed by atoms with Gasteiger partial charge in [0, 0.05) is 13.0 Å². The summed E-state index contributed by atoms with van der Waals surface area (Å²) in [6.07, 6.45) is 0.647. The number of aromatic nitrogens is 2. The predicted octanol–water partition coefficient (Wildman–Crippen LogP) is 3.96. The molecule has 0 aliphatic heterocycles. The second kappa shape index (κ2) is 7.36. The molecule has 1 N–H and O–H groups in total. The van der Waals surface area contributed by atoms with Crippen molar-refractivity contribution in [2.75, 3.05) is 0 Å². The first-order valence-electron chi connectivity index (χ1n) is 7.96. The maximum atomic E-state index is 13.3. The molecule has 0 saturated heterocycles. The van der Waals surface area contributed by atoms with Crippen LogP contribution in [0.3, 0.4) is 0 Å². The molecule has 0 saturated carbocycles. The minimum atomic E-state index is -0.186. The zero-order valence-electron chi connectivity index (χ0n) is 13.8. The number of hydrogen-bond donors (Lipinski definition) is 1. The Kier molecular flexibility index (Phi) is 5.01. The Labute approximate surface area is 140 Å². The molecule has 0 amide bonds. The van der Waals surface area contributed by atoms with Crippen LogP contribution in [0.15, 0.2) is 53.1 Å². The molecule has 1 unspecified atom stereocenters. The topological polar surface area (TPSA) is 51.0 Å². The van der Waals surface area contributed by atoms with Crippen LogP contribution in [0.25, 0.3) is 0 Å². The minimum Gasteiger partial charge on any atom is -0.338 e. The number of halogens is 1. The van der Waals surface area contributed by atoms with Crippen molar-refractivity contribution in [1.82, 2.24) is 15.5 Å². The van der Waals surface area contributed by atoms with E-state index in [1.807, 2.05) is 43.3 Å². The van der Waals surface area contributed by atoms with Gasteiger partial charge in [-0.15, -0.1) is 0 Å². The highest BCUT2D eigenvalue weighted by molar-refractivity contribution is 5.24. The van der Waals surface area contributed by atoms with Crippen LogP contribution in [-0.4, -0.2) is 10.1 Å². The Morgan fingerprint density at radius 2 is 1.92 bits per heavy atom. The fourth-order valence-corrected chi connectivity index (χ4v) is 2.47. The molecule has 3 rings (SSSR count). The van der Waals surface area contributed by atoms with Crippen LogP contribution < -0.4 is 5.32 Å². The Morgan fingerprint density at radius 3 is 2.67 bits per heavy atom. The van der Waals surface area contributed by atoms with Gasteiger partial charge in [-0.2, -0.15) is 4.98 Å². The summed E-state index contributed by atoms with van der Waals surface area (Å²) >= 11 is 0. The summed E-state index contributed by atoms with van der Waals surface area (Å²) in [5.74, 6) is 1.04. The largest absolute Gasteiger partial charge is 0.338 e. The molecule has 24 heavy (non-hydrogen) atoms. The summed E-state index contributed by atoms with van der Waals surface area (Å²) in [5, 5.41) is 7.36. The van der Waals surface area contributed by atoms with Crippen LogP contribution in [0, 0.1) is 12.7 Å². The van der Waals surface area contributed by atoms with Crippen molar-refractivity contribution in [2.45, 2.75) is 32.9 Å². The SMILES string of the molecule is Cc1cc(CNC(C)c2nc(Cc3ccccc3)no2)ccc1F. The van der Waals surface area contributed by atoms with Gasteiger partial charge in [-0.3, -0.25) is 0 Å². The summed E-state index contributed by atoms with van der Waals surface area (Å²) in [6.45, 7) is 4.34. The lowest BCUT2D eigenvalue weighted by Gasteiger charge is -2.10. The summed E-state index contributed by atoms with van der Waals surface area (Å²) in [5.41, 5.74) is 2.81. The van der Waals surface area contributed by atoms with Crippen molar-refractivity contribution in [3.8, 4) is 0 Å². The first-order chi connectivity index (χ1) is 11.6. The van der Waals surface area contributed by atoms with Crippen LogP contribution in [-0.2, 0) is 13.0 Å². The molecule has 1 atom stereocenters. The van der Waals surface area contributed by atoms with E-state index in [2.05, 4.69) is 15.5 Å². The average Bonchev–Trinajstić information content (AvgIpc) is 3.05. The van der Waals surface area contributed by atoms with Crippen LogP contribution in [0.4, 0.5) is 4.39 Å². The Morgan fingerprint density at radius 1 is 1.12 bits per heavy atom. The summed E-state index contributed by atoms with van der Waals surface area (Å²) in [6, 6.07) is 15.1. The molecule has 1 heterocycles. The molecule has 5 heteroatoms. The van der Waals surface area contributed by atoms with Crippen LogP contribution in [0.2, 0.25) is 0 Å². The van der Waals surface area contributed by atoms with Crippen LogP contribution in [0.1, 0.15) is 41.4 Å². The highest BCUT2D eigenvalue weighted by atomic mass is 19.1. The van der Waals surface area contributed by atoms with E-state index < -0.39 is 0 Å². The van der Waals surface area contributed by atoms with Crippen molar-refractivity contribution in [3.63, 3.8) is 0 Å². The molecule has 0 aliphatic carbocycles. The molecular weight excluding hydrogens is 305 g/mol. The van der Waals surface area contributed by atoms with Crippen molar-refractivity contribution in [1.29, 1.82) is 0 Å². The smallest absolute Gasteiger partial charge is 0.243 e. The van der Waals surface area contributed by atoms with Gasteiger partial charge in [-0.05, 0) is 36.6 Å². The van der Waals surface area contributed by atoms with Gasteiger partial charge in [0.05, 0.1) is 6.04 Å². The second-order valence-corrected chi connectivity index (χ2v) is 5.90. The van der Waals surface area contributed by atoms with Gasteiger partial charge in [0.15, 0.2) is 5.82 Å². The fourth-order valence-electron chi connectivity index (χ4n) is 2.47. The van der Waals surface area contributed by atoms with Crippen molar-refractivity contribution in [3.05, 3.63) is 82.8 Å². The third-order valence-electron chi connectivity index (χ3n) is 3.89. The number of nitrogens with zero attached hydrogens (tertiary/aromatic N) is 2. The lowest BCUT2D eigenvalue weighted by molar-refractivity contribution is 0.336. The van der Waals surface area contributed by atoms with E-state index in [1.165, 1.54) is 6.07 Å². The first-order valence-corrected chi connectivity index (χ1v) is 7.96. The summed E-state index contributed by atoms with van der Waals surface area (Å²) < 4.78 is 18.6. The lowest BCUT2D eigenvalue weighted by Crippen LogP contribution is -2.18. The van der Waals surface area contributed by atoms with E-state index in [0.717, 1.165) is 11.1 Å². The molecule has 0 bridgehead atoms. The Hall–Kier alpha value is -2.53. The van der Waals surface area contributed by atoms with Gasteiger partial charge in [-0.1, -0.05) is 47.6 Å². The van der Waals surface area contributed by atoms with Gasteiger partial charge in [0.25, 0.3) is 0 Å². The zero-order chi connectivity index (χ0) is 16.9. The van der Waals surface area contributed by atoms with E-state index >= 15 is 0 Å². The number of rotatable bonds is 6. The quantitative estimate of drug-likeness (QED) is 0.745. The lowest BCUT2D eigenvalue weighted by atomic mass is 10.1. The highest BCUT2D eigenvalue weighted by Gasteiger charge is 2.14. The molecule has 0 aliphatic rings. The molecule has 0 radical (unpaired) electrons. The van der Waals surface area contributed by atoms with Gasteiger partial charge >= 0.3 is 0 Å². The normalized spacial score (nSPS) is 12.3. The van der Waals surface area contributed by atoms with E-state index in [0.29, 0.717) is 30.2 Å². The summed E-state index contributed by atoms with van der Waals surface area (Å²) in [7, 11) is 0. The third-order valence-corrected chi connectivity index (χ3v) is 3.89. The molecule has 4 nitrogen and oxygen atoms in total. The van der Waals surface area contributed by atoms with Gasteiger partial charge in [0.1, 0.15) is 5.82 Å². The van der Waals surface area contributed by atoms with E-state index in [-0.39, 0.29) is 11.9 Å². The number of aryl methyl sites for hydroxylation is 1. The van der Waals surface area contributed by atoms with Gasteiger partial charge < -0.3 is 9.84 Å². The molecule has 0 fully saturated rings. The van der Waals surface area contributed by atoms with Crippen LogP contribution in [0.5, 0.6) is 0 Å². The fraction of sp³-hybridized carbons (Fsp3) is 0.263. The number of benzene rings is 2. The van der Waals surface area contributed by atoms with Crippen LogP contribution >= 0.6 is 0 Å². The first kappa shape index (κ1) is 16.3. The maximum Gasteiger partial charge on any atom is 0.243 e. The molecular formula is C19H20FN3O. The van der Waals surface area contributed by atoms with E-state index in [1.54, 1.807) is 13.0 Å².